The van der Waals surface area contributed by atoms with E-state index in [1.165, 1.54) is 0 Å². The van der Waals surface area contributed by atoms with Gasteiger partial charge < -0.3 is 15.0 Å². The average molecular weight is 401 g/mol. The molecule has 3 N–H and O–H groups in total. The molecule has 128 valence electrons. The van der Waals surface area contributed by atoms with E-state index in [-0.39, 0.29) is 12.5 Å². The number of halogens is 1. The van der Waals surface area contributed by atoms with Crippen molar-refractivity contribution in [2.45, 2.75) is 0 Å². The molecule has 0 atom stereocenters. The van der Waals surface area contributed by atoms with Crippen LogP contribution in [0, 0.1) is 0 Å². The minimum atomic E-state index is -0.229. The number of hydrogen-bond acceptors (Lipinski definition) is 4. The third kappa shape index (κ3) is 4.39. The van der Waals surface area contributed by atoms with Gasteiger partial charge in [0.2, 0.25) is 0 Å². The number of anilines is 1. The molecule has 7 heteroatoms. The molecule has 0 saturated heterocycles. The summed E-state index contributed by atoms with van der Waals surface area (Å²) in [7, 11) is 1.61. The van der Waals surface area contributed by atoms with Crippen LogP contribution in [0.5, 0.6) is 5.75 Å². The largest absolute Gasteiger partial charge is 0.497 e. The van der Waals surface area contributed by atoms with Crippen molar-refractivity contribution in [1.29, 1.82) is 0 Å². The summed E-state index contributed by atoms with van der Waals surface area (Å²) in [6.07, 6.45) is 3.47. The summed E-state index contributed by atoms with van der Waals surface area (Å²) < 4.78 is 6.08. The number of aromatic amines is 1. The van der Waals surface area contributed by atoms with Crippen LogP contribution in [0.15, 0.2) is 58.2 Å². The fourth-order valence-corrected chi connectivity index (χ4v) is 2.69. The first-order valence-electron chi connectivity index (χ1n) is 7.62. The van der Waals surface area contributed by atoms with Crippen LogP contribution in [0.3, 0.4) is 0 Å². The second-order valence-corrected chi connectivity index (χ2v) is 6.22. The summed E-state index contributed by atoms with van der Waals surface area (Å²) >= 11 is 3.45. The molecule has 3 rings (SSSR count). The quantitative estimate of drug-likeness (QED) is 0.437. The normalized spacial score (nSPS) is 11.0. The number of nitrogens with zero attached hydrogens (tertiary/aromatic N) is 1. The van der Waals surface area contributed by atoms with E-state index in [0.717, 1.165) is 32.4 Å². The van der Waals surface area contributed by atoms with Gasteiger partial charge in [0.05, 0.1) is 19.9 Å². The number of hydrogen-bond donors (Lipinski definition) is 3. The Kier molecular flexibility index (Phi) is 5.35. The van der Waals surface area contributed by atoms with Crippen molar-refractivity contribution < 1.29 is 9.53 Å². The third-order valence-electron chi connectivity index (χ3n) is 3.61. The van der Waals surface area contributed by atoms with Gasteiger partial charge >= 0.3 is 0 Å². The molecule has 25 heavy (non-hydrogen) atoms. The molecule has 0 spiro atoms. The van der Waals surface area contributed by atoms with Crippen molar-refractivity contribution >= 4 is 44.6 Å². The number of hydrazone groups is 1. The highest BCUT2D eigenvalue weighted by atomic mass is 79.9. The zero-order chi connectivity index (χ0) is 17.6. The molecule has 0 aliphatic carbocycles. The zero-order valence-electron chi connectivity index (χ0n) is 13.5. The number of H-pyrrole nitrogens is 1. The molecular weight excluding hydrogens is 384 g/mol. The number of rotatable bonds is 6. The van der Waals surface area contributed by atoms with Crippen molar-refractivity contribution in [1.82, 2.24) is 10.4 Å². The summed E-state index contributed by atoms with van der Waals surface area (Å²) in [6.45, 7) is 0.128. The lowest BCUT2D eigenvalue weighted by Gasteiger charge is -2.06. The smallest absolute Gasteiger partial charge is 0.259 e. The first kappa shape index (κ1) is 17.0. The van der Waals surface area contributed by atoms with Crippen LogP contribution in [-0.2, 0) is 4.79 Å². The zero-order valence-corrected chi connectivity index (χ0v) is 15.1. The molecule has 6 nitrogen and oxygen atoms in total. The van der Waals surface area contributed by atoms with Gasteiger partial charge in [0.25, 0.3) is 5.91 Å². The van der Waals surface area contributed by atoms with Crippen LogP contribution < -0.4 is 15.5 Å². The van der Waals surface area contributed by atoms with Crippen molar-refractivity contribution in [3.8, 4) is 5.75 Å². The number of benzene rings is 2. The van der Waals surface area contributed by atoms with Gasteiger partial charge in [0, 0.05) is 32.8 Å². The Bertz CT molecular complexity index is 903. The first-order valence-corrected chi connectivity index (χ1v) is 8.41. The fourth-order valence-electron chi connectivity index (χ4n) is 2.33. The second kappa shape index (κ2) is 7.85. The van der Waals surface area contributed by atoms with Gasteiger partial charge in [-0.1, -0.05) is 15.9 Å². The predicted molar refractivity (Wildman–Crippen MR) is 103 cm³/mol. The van der Waals surface area contributed by atoms with E-state index in [4.69, 9.17) is 4.74 Å². The molecule has 1 amide bonds. The maximum Gasteiger partial charge on any atom is 0.259 e. The molecule has 0 unspecified atom stereocenters. The molecular formula is C18H17BrN4O2. The van der Waals surface area contributed by atoms with Gasteiger partial charge in [0.15, 0.2) is 0 Å². The molecule has 1 heterocycles. The van der Waals surface area contributed by atoms with Crippen LogP contribution in [0.25, 0.3) is 10.9 Å². The van der Waals surface area contributed by atoms with Gasteiger partial charge in [-0.15, -0.1) is 0 Å². The highest BCUT2D eigenvalue weighted by Crippen LogP contribution is 2.21. The fraction of sp³-hybridized carbons (Fsp3) is 0.111. The Labute approximate surface area is 153 Å². The number of aromatic nitrogens is 1. The monoisotopic (exact) mass is 400 g/mol. The molecule has 2 aromatic carbocycles. The molecule has 1 aromatic heterocycles. The van der Waals surface area contributed by atoms with Crippen molar-refractivity contribution in [3.63, 3.8) is 0 Å². The Morgan fingerprint density at radius 3 is 2.84 bits per heavy atom. The Hall–Kier alpha value is -2.80. The van der Waals surface area contributed by atoms with E-state index < -0.39 is 0 Å². The summed E-state index contributed by atoms with van der Waals surface area (Å²) in [5.41, 5.74) is 5.26. The minimum Gasteiger partial charge on any atom is -0.497 e. The van der Waals surface area contributed by atoms with Crippen LogP contribution in [0.2, 0.25) is 0 Å². The topological polar surface area (TPSA) is 78.5 Å². The molecule has 0 fully saturated rings. The van der Waals surface area contributed by atoms with Crippen molar-refractivity contribution in [3.05, 3.63) is 58.7 Å². The van der Waals surface area contributed by atoms with Crippen LogP contribution in [0.4, 0.5) is 5.69 Å². The molecule has 0 aliphatic rings. The lowest BCUT2D eigenvalue weighted by molar-refractivity contribution is -0.119. The lowest BCUT2D eigenvalue weighted by atomic mass is 10.2. The van der Waals surface area contributed by atoms with Crippen LogP contribution in [0.1, 0.15) is 5.56 Å². The summed E-state index contributed by atoms with van der Waals surface area (Å²) in [6, 6.07) is 13.3. The van der Waals surface area contributed by atoms with Gasteiger partial charge in [-0.3, -0.25) is 4.79 Å². The average Bonchev–Trinajstić information content (AvgIpc) is 3.02. The van der Waals surface area contributed by atoms with Gasteiger partial charge in [-0.05, 0) is 42.5 Å². The number of amides is 1. The highest BCUT2D eigenvalue weighted by Gasteiger charge is 2.03. The Morgan fingerprint density at radius 2 is 2.08 bits per heavy atom. The number of methoxy groups -OCH3 is 1. The number of nitrogens with one attached hydrogen (secondary N) is 3. The first-order chi connectivity index (χ1) is 12.2. The number of carbonyl (C=O) groups is 1. The van der Waals surface area contributed by atoms with Crippen molar-refractivity contribution in [2.24, 2.45) is 5.10 Å². The highest BCUT2D eigenvalue weighted by molar-refractivity contribution is 9.10. The van der Waals surface area contributed by atoms with Crippen molar-refractivity contribution in [2.75, 3.05) is 19.0 Å². The number of carbonyl (C=O) groups excluding carboxylic acids is 1. The molecule has 0 saturated carbocycles. The second-order valence-electron chi connectivity index (χ2n) is 5.31. The van der Waals surface area contributed by atoms with E-state index in [1.807, 2.05) is 48.7 Å². The Balaban J connectivity index is 1.54. The minimum absolute atomic E-state index is 0.128. The summed E-state index contributed by atoms with van der Waals surface area (Å²) in [4.78, 5) is 15.0. The molecule has 3 aromatic rings. The van der Waals surface area contributed by atoms with Gasteiger partial charge in [-0.25, -0.2) is 5.43 Å². The third-order valence-corrected chi connectivity index (χ3v) is 4.11. The maximum atomic E-state index is 11.9. The lowest BCUT2D eigenvalue weighted by Crippen LogP contribution is -2.25. The van der Waals surface area contributed by atoms with E-state index in [9.17, 15) is 4.79 Å². The molecule has 0 bridgehead atoms. The van der Waals surface area contributed by atoms with Crippen LogP contribution >= 0.6 is 15.9 Å². The standard InChI is InChI=1S/C18H17BrN4O2/c1-25-15-5-3-14(4-6-15)20-11-18(24)23-22-10-12-9-21-17-7-2-13(19)8-16(12)17/h2-10,20-21H,11H2,1H3,(H,23,24)/b22-10+. The Morgan fingerprint density at radius 1 is 1.28 bits per heavy atom. The molecule has 0 radical (unpaired) electrons. The maximum absolute atomic E-state index is 11.9. The summed E-state index contributed by atoms with van der Waals surface area (Å²) in [5.74, 6) is 0.540. The van der Waals surface area contributed by atoms with E-state index in [1.54, 1.807) is 13.3 Å². The van der Waals surface area contributed by atoms with Gasteiger partial charge in [0.1, 0.15) is 5.75 Å². The van der Waals surface area contributed by atoms with Gasteiger partial charge in [-0.2, -0.15) is 5.10 Å². The predicted octanol–water partition coefficient (Wildman–Crippen LogP) is 3.50. The van der Waals surface area contributed by atoms with E-state index in [0.29, 0.717) is 0 Å². The van der Waals surface area contributed by atoms with E-state index >= 15 is 0 Å². The number of fused-ring (bicyclic) bond motifs is 1. The SMILES string of the molecule is COc1ccc(NCC(=O)N/N=C/c2c[nH]c3ccc(Br)cc23)cc1. The number of ether oxygens (including phenoxy) is 1. The summed E-state index contributed by atoms with van der Waals surface area (Å²) in [5, 5.41) is 8.07. The van der Waals surface area contributed by atoms with E-state index in [2.05, 4.69) is 36.8 Å². The van der Waals surface area contributed by atoms with Crippen LogP contribution in [-0.4, -0.2) is 30.8 Å². The molecule has 0 aliphatic heterocycles.